The third kappa shape index (κ3) is 5.91. The highest BCUT2D eigenvalue weighted by Crippen LogP contribution is 2.46. The normalized spacial score (nSPS) is 28.6. The Morgan fingerprint density at radius 2 is 1.79 bits per heavy atom. The molecule has 2 aliphatic carbocycles. The lowest BCUT2D eigenvalue weighted by atomic mass is 9.75. The van der Waals surface area contributed by atoms with E-state index in [1.54, 1.807) is 24.3 Å². The number of nitrogens with zero attached hydrogens (tertiary/aromatic N) is 2. The third-order valence-corrected chi connectivity index (χ3v) is 10.5. The molecule has 7 nitrogen and oxygen atoms in total. The number of hydrogen-bond acceptors (Lipinski definition) is 8. The maximum Gasteiger partial charge on any atom is 0.392 e. The van der Waals surface area contributed by atoms with E-state index in [4.69, 9.17) is 20.2 Å². The molecule has 4 aliphatic rings. The van der Waals surface area contributed by atoms with Crippen LogP contribution in [0.3, 0.4) is 0 Å². The van der Waals surface area contributed by atoms with E-state index in [1.165, 1.54) is 0 Å². The maximum atomic E-state index is 13.9. The second-order valence-corrected chi connectivity index (χ2v) is 13.2. The van der Waals surface area contributed by atoms with Crippen molar-refractivity contribution in [3.05, 3.63) is 35.0 Å². The first-order valence-electron chi connectivity index (χ1n) is 15.2. The maximum absolute atomic E-state index is 13.9. The van der Waals surface area contributed by atoms with E-state index in [0.29, 0.717) is 31.4 Å². The second-order valence-electron chi connectivity index (χ2n) is 12.2. The predicted octanol–water partition coefficient (Wildman–Crippen LogP) is 6.55. The number of Topliss-reactive ketones (excluding diaryl/α,β-unsaturated/α-hetero) is 1. The summed E-state index contributed by atoms with van der Waals surface area (Å²) >= 11 is 1.56. The number of carbonyl (C=O) groups is 2. The van der Waals surface area contributed by atoms with Crippen LogP contribution < -0.4 is 10.6 Å². The smallest absolute Gasteiger partial charge is 0.392 e. The van der Waals surface area contributed by atoms with Crippen molar-refractivity contribution < 1.29 is 32.2 Å². The molecule has 5 atom stereocenters. The van der Waals surface area contributed by atoms with Crippen molar-refractivity contribution in [3.8, 4) is 0 Å². The molecule has 0 spiro atoms. The zero-order valence-corrected chi connectivity index (χ0v) is 24.6. The van der Waals surface area contributed by atoms with Crippen molar-refractivity contribution in [3.63, 3.8) is 0 Å². The van der Waals surface area contributed by atoms with Crippen LogP contribution in [0.1, 0.15) is 81.5 Å². The van der Waals surface area contributed by atoms with Crippen molar-refractivity contribution in [1.29, 1.82) is 0 Å². The summed E-state index contributed by atoms with van der Waals surface area (Å²) in [6, 6.07) is 5.86. The minimum absolute atomic E-state index is 0.0237. The predicted molar refractivity (Wildman–Crippen MR) is 154 cm³/mol. The summed E-state index contributed by atoms with van der Waals surface area (Å²) in [5.74, 6) is -2.98. The first-order valence-corrected chi connectivity index (χ1v) is 16.0. The van der Waals surface area contributed by atoms with Gasteiger partial charge in [0, 0.05) is 35.2 Å². The Labute approximate surface area is 247 Å². The minimum atomic E-state index is -4.34. The number of ether oxygens (including phenoxy) is 2. The van der Waals surface area contributed by atoms with Gasteiger partial charge in [-0.2, -0.15) is 13.2 Å². The first kappa shape index (κ1) is 29.4. The molecule has 4 fully saturated rings. The fourth-order valence-electron chi connectivity index (χ4n) is 7.15. The van der Waals surface area contributed by atoms with Crippen molar-refractivity contribution in [2.45, 2.75) is 95.5 Å². The molecule has 0 amide bonds. The number of esters is 1. The molecule has 1 aromatic carbocycles. The number of thiazole rings is 1. The Morgan fingerprint density at radius 3 is 2.45 bits per heavy atom. The lowest BCUT2D eigenvalue weighted by Gasteiger charge is -2.39. The molecule has 2 N–H and O–H groups in total. The van der Waals surface area contributed by atoms with E-state index in [1.807, 2.05) is 12.1 Å². The molecule has 2 saturated heterocycles. The van der Waals surface area contributed by atoms with Gasteiger partial charge >= 0.3 is 12.1 Å². The van der Waals surface area contributed by atoms with Crippen LogP contribution in [-0.2, 0) is 14.3 Å². The Hall–Kier alpha value is -2.66. The van der Waals surface area contributed by atoms with Gasteiger partial charge in [-0.25, -0.2) is 9.78 Å². The molecule has 6 rings (SSSR count). The molecule has 228 valence electrons. The highest BCUT2D eigenvalue weighted by atomic mass is 32.1. The van der Waals surface area contributed by atoms with Gasteiger partial charge in [0.25, 0.3) is 0 Å². The van der Waals surface area contributed by atoms with Gasteiger partial charge in [-0.05, 0) is 76.5 Å². The molecule has 2 saturated carbocycles. The van der Waals surface area contributed by atoms with E-state index in [0.717, 1.165) is 53.9 Å². The molecule has 2 bridgehead atoms. The molecule has 1 aromatic heterocycles. The minimum Gasteiger partial charge on any atom is -0.462 e. The van der Waals surface area contributed by atoms with Crippen LogP contribution in [0.4, 0.5) is 18.3 Å². The van der Waals surface area contributed by atoms with Crippen molar-refractivity contribution in [2.24, 2.45) is 23.5 Å². The number of fused-ring (bicyclic) bond motifs is 3. The van der Waals surface area contributed by atoms with Gasteiger partial charge in [-0.3, -0.25) is 4.79 Å². The quantitative estimate of drug-likeness (QED) is 0.256. The van der Waals surface area contributed by atoms with Crippen LogP contribution in [0.25, 0.3) is 10.2 Å². The SMILES string of the molecule is CCOC(=O)c1ccc2nc(N3C4CC[C@H]3CC(OCC(C(=O)C3CC3)=C(N)C3CCCCC3C(F)(F)F)C4)sc2c1. The summed E-state index contributed by atoms with van der Waals surface area (Å²) in [5, 5.41) is 0.918. The van der Waals surface area contributed by atoms with Gasteiger partial charge in [0.1, 0.15) is 0 Å². The van der Waals surface area contributed by atoms with Gasteiger partial charge in [0.2, 0.25) is 0 Å². The zero-order chi connectivity index (χ0) is 29.6. The molecular weight excluding hydrogens is 567 g/mol. The van der Waals surface area contributed by atoms with Gasteiger partial charge in [-0.1, -0.05) is 24.2 Å². The molecule has 2 aromatic rings. The number of halogens is 3. The molecule has 2 aliphatic heterocycles. The number of anilines is 1. The zero-order valence-electron chi connectivity index (χ0n) is 23.8. The lowest BCUT2D eigenvalue weighted by molar-refractivity contribution is -0.192. The lowest BCUT2D eigenvalue weighted by Crippen LogP contribution is -2.46. The Morgan fingerprint density at radius 1 is 1.07 bits per heavy atom. The van der Waals surface area contributed by atoms with Crippen molar-refractivity contribution >= 4 is 38.4 Å². The van der Waals surface area contributed by atoms with Gasteiger partial charge < -0.3 is 20.1 Å². The fourth-order valence-corrected chi connectivity index (χ4v) is 8.30. The molecule has 3 heterocycles. The number of hydrogen-bond donors (Lipinski definition) is 1. The van der Waals surface area contributed by atoms with Gasteiger partial charge in [0.15, 0.2) is 10.9 Å². The van der Waals surface area contributed by atoms with Gasteiger partial charge in [0.05, 0.1) is 41.0 Å². The number of piperidine rings is 1. The number of allylic oxidation sites excluding steroid dienone is 1. The number of ketones is 1. The summed E-state index contributed by atoms with van der Waals surface area (Å²) < 4.78 is 54.0. The van der Waals surface area contributed by atoms with Crippen LogP contribution in [0.2, 0.25) is 0 Å². The summed E-state index contributed by atoms with van der Waals surface area (Å²) in [7, 11) is 0. The second kappa shape index (κ2) is 11.8. The number of aromatic nitrogens is 1. The molecular formula is C31H38F3N3O4S. The number of rotatable bonds is 9. The Balaban J connectivity index is 1.16. The first-order chi connectivity index (χ1) is 20.1. The van der Waals surface area contributed by atoms with Gasteiger partial charge in [-0.15, -0.1) is 0 Å². The van der Waals surface area contributed by atoms with Crippen LogP contribution in [0, 0.1) is 17.8 Å². The van der Waals surface area contributed by atoms with E-state index >= 15 is 0 Å². The average molecular weight is 606 g/mol. The van der Waals surface area contributed by atoms with E-state index in [-0.39, 0.29) is 60.2 Å². The summed E-state index contributed by atoms with van der Waals surface area (Å²) in [6.07, 6.45) is 2.18. The summed E-state index contributed by atoms with van der Waals surface area (Å²) in [4.78, 5) is 32.7. The highest BCUT2D eigenvalue weighted by molar-refractivity contribution is 7.22. The van der Waals surface area contributed by atoms with Crippen molar-refractivity contribution in [1.82, 2.24) is 4.98 Å². The number of carbonyl (C=O) groups excluding carboxylic acids is 2. The molecule has 11 heteroatoms. The standard InChI is InChI=1S/C31H38F3N3O4S/c1-2-40-29(39)18-9-12-25-26(13-18)42-30(36-25)37-19-10-11-20(37)15-21(14-19)41-16-23(28(38)17-7-8-17)27(35)22-5-3-4-6-24(22)31(32,33)34/h9,12-13,17,19-22,24H,2-8,10-11,14-16,35H2,1H3/t19-,20?,21?,22?,24?/m0/s1. The molecule has 0 radical (unpaired) electrons. The van der Waals surface area contributed by atoms with E-state index in [9.17, 15) is 22.8 Å². The highest BCUT2D eigenvalue weighted by Gasteiger charge is 2.48. The largest absolute Gasteiger partial charge is 0.462 e. The average Bonchev–Trinajstić information content (AvgIpc) is 3.68. The molecule has 4 unspecified atom stereocenters. The summed E-state index contributed by atoms with van der Waals surface area (Å²) in [6.45, 7) is 2.07. The number of alkyl halides is 3. The van der Waals surface area contributed by atoms with Crippen LogP contribution >= 0.6 is 11.3 Å². The van der Waals surface area contributed by atoms with Crippen molar-refractivity contribution in [2.75, 3.05) is 18.1 Å². The van der Waals surface area contributed by atoms with Crippen LogP contribution in [0.5, 0.6) is 0 Å². The Bertz CT molecular complexity index is 1360. The topological polar surface area (TPSA) is 94.7 Å². The Kier molecular flexibility index (Phi) is 8.26. The monoisotopic (exact) mass is 605 g/mol. The number of benzene rings is 1. The van der Waals surface area contributed by atoms with E-state index in [2.05, 4.69) is 4.90 Å². The van der Waals surface area contributed by atoms with E-state index < -0.39 is 18.0 Å². The fraction of sp³-hybridized carbons (Fsp3) is 0.645. The number of nitrogens with two attached hydrogens (primary N) is 1. The molecule has 42 heavy (non-hydrogen) atoms. The third-order valence-electron chi connectivity index (χ3n) is 9.44. The van der Waals surface area contributed by atoms with Crippen LogP contribution in [-0.4, -0.2) is 54.3 Å². The summed E-state index contributed by atoms with van der Waals surface area (Å²) in [5.41, 5.74) is 8.17. The van der Waals surface area contributed by atoms with Crippen LogP contribution in [0.15, 0.2) is 29.5 Å².